The number of hydrogen-bond donors (Lipinski definition) is 1. The number of phenols is 1. The first kappa shape index (κ1) is 11.1. The van der Waals surface area contributed by atoms with Crippen LogP contribution in [0.2, 0.25) is 0 Å². The molecule has 82 valence electrons. The van der Waals surface area contributed by atoms with Crippen LogP contribution in [0, 0.1) is 6.92 Å². The molecule has 1 N–H and O–H groups in total. The molecule has 2 aromatic rings. The summed E-state index contributed by atoms with van der Waals surface area (Å²) in [5, 5.41) is 9.66. The third kappa shape index (κ3) is 2.22. The Kier molecular flexibility index (Phi) is 3.20. The molecular weight excluding hydrogens is 216 g/mol. The Labute approximate surface area is 100 Å². The van der Waals surface area contributed by atoms with Gasteiger partial charge in [0, 0.05) is 4.90 Å². The van der Waals surface area contributed by atoms with E-state index in [9.17, 15) is 5.11 Å². The Hall–Kier alpha value is -1.41. The van der Waals surface area contributed by atoms with Gasteiger partial charge in [-0.05, 0) is 48.1 Å². The lowest BCUT2D eigenvalue weighted by atomic mass is 10.0. The maximum absolute atomic E-state index is 9.66. The first-order chi connectivity index (χ1) is 7.70. The summed E-state index contributed by atoms with van der Waals surface area (Å²) in [6, 6.07) is 14.1. The zero-order chi connectivity index (χ0) is 11.5. The van der Waals surface area contributed by atoms with Gasteiger partial charge in [0.05, 0.1) is 0 Å². The van der Waals surface area contributed by atoms with Crippen molar-refractivity contribution in [3.8, 4) is 16.9 Å². The summed E-state index contributed by atoms with van der Waals surface area (Å²) in [5.74, 6) is 0.353. The fourth-order valence-electron chi connectivity index (χ4n) is 1.57. The third-order valence-electron chi connectivity index (χ3n) is 2.63. The second-order valence-corrected chi connectivity index (χ2v) is 4.61. The summed E-state index contributed by atoms with van der Waals surface area (Å²) >= 11 is 1.73. The number of hydrogen-bond acceptors (Lipinski definition) is 2. The zero-order valence-electron chi connectivity index (χ0n) is 9.40. The average molecular weight is 230 g/mol. The van der Waals surface area contributed by atoms with Crippen molar-refractivity contribution >= 4 is 11.8 Å². The van der Waals surface area contributed by atoms with Crippen LogP contribution in [0.3, 0.4) is 0 Å². The van der Waals surface area contributed by atoms with Gasteiger partial charge in [0.2, 0.25) is 0 Å². The molecule has 0 bridgehead atoms. The molecule has 1 nitrogen and oxygen atoms in total. The minimum absolute atomic E-state index is 0.353. The molecule has 0 aromatic heterocycles. The van der Waals surface area contributed by atoms with Crippen molar-refractivity contribution in [2.24, 2.45) is 0 Å². The summed E-state index contributed by atoms with van der Waals surface area (Å²) in [6.07, 6.45) is 2.06. The number of aromatic hydroxyl groups is 1. The Balaban J connectivity index is 2.38. The van der Waals surface area contributed by atoms with Crippen LogP contribution in [0.15, 0.2) is 47.4 Å². The van der Waals surface area contributed by atoms with Gasteiger partial charge in [-0.3, -0.25) is 0 Å². The molecule has 2 rings (SSSR count). The van der Waals surface area contributed by atoms with Crippen LogP contribution in [-0.4, -0.2) is 11.4 Å². The van der Waals surface area contributed by atoms with Crippen molar-refractivity contribution in [3.63, 3.8) is 0 Å². The molecule has 0 fully saturated rings. The van der Waals surface area contributed by atoms with Gasteiger partial charge in [-0.15, -0.1) is 11.8 Å². The fraction of sp³-hybridized carbons (Fsp3) is 0.143. The lowest BCUT2D eigenvalue weighted by Crippen LogP contribution is -1.80. The third-order valence-corrected chi connectivity index (χ3v) is 3.38. The molecule has 0 aliphatic rings. The highest BCUT2D eigenvalue weighted by molar-refractivity contribution is 7.98. The molecule has 0 aliphatic carbocycles. The molecule has 0 saturated carbocycles. The summed E-state index contributed by atoms with van der Waals surface area (Å²) in [5.41, 5.74) is 3.09. The van der Waals surface area contributed by atoms with Crippen molar-refractivity contribution < 1.29 is 5.11 Å². The van der Waals surface area contributed by atoms with Crippen LogP contribution in [0.25, 0.3) is 11.1 Å². The molecule has 2 aromatic carbocycles. The van der Waals surface area contributed by atoms with E-state index in [1.165, 1.54) is 4.90 Å². The smallest absolute Gasteiger partial charge is 0.119 e. The van der Waals surface area contributed by atoms with E-state index in [-0.39, 0.29) is 0 Å². The van der Waals surface area contributed by atoms with Gasteiger partial charge in [0.1, 0.15) is 5.75 Å². The van der Waals surface area contributed by atoms with Gasteiger partial charge < -0.3 is 5.11 Å². The van der Waals surface area contributed by atoms with Crippen LogP contribution in [0.5, 0.6) is 5.75 Å². The predicted octanol–water partition coefficient (Wildman–Crippen LogP) is 4.09. The van der Waals surface area contributed by atoms with Gasteiger partial charge in [-0.2, -0.15) is 0 Å². The van der Waals surface area contributed by atoms with Gasteiger partial charge in [0.15, 0.2) is 0 Å². The molecular formula is C14H14OS. The summed E-state index contributed by atoms with van der Waals surface area (Å²) < 4.78 is 0. The number of phenolic OH excluding ortho intramolecular Hbond substituents is 1. The zero-order valence-corrected chi connectivity index (χ0v) is 10.2. The van der Waals surface area contributed by atoms with E-state index in [1.807, 2.05) is 25.1 Å². The molecule has 0 unspecified atom stereocenters. The van der Waals surface area contributed by atoms with Crippen LogP contribution >= 0.6 is 11.8 Å². The van der Waals surface area contributed by atoms with Crippen LogP contribution < -0.4 is 0 Å². The van der Waals surface area contributed by atoms with E-state index in [2.05, 4.69) is 30.5 Å². The molecule has 0 atom stereocenters. The average Bonchev–Trinajstić information content (AvgIpc) is 2.33. The molecule has 0 spiro atoms. The Morgan fingerprint density at radius 2 is 1.56 bits per heavy atom. The summed E-state index contributed by atoms with van der Waals surface area (Å²) in [6.45, 7) is 1.90. The molecule has 16 heavy (non-hydrogen) atoms. The van der Waals surface area contributed by atoms with Crippen molar-refractivity contribution in [2.75, 3.05) is 6.26 Å². The van der Waals surface area contributed by atoms with Crippen LogP contribution in [0.4, 0.5) is 0 Å². The molecule has 0 heterocycles. The largest absolute Gasteiger partial charge is 0.508 e. The number of benzene rings is 2. The van der Waals surface area contributed by atoms with E-state index in [4.69, 9.17) is 0 Å². The highest BCUT2D eigenvalue weighted by atomic mass is 32.2. The van der Waals surface area contributed by atoms with Crippen LogP contribution in [0.1, 0.15) is 5.56 Å². The van der Waals surface area contributed by atoms with Gasteiger partial charge in [-0.1, -0.05) is 24.3 Å². The molecule has 0 radical (unpaired) electrons. The van der Waals surface area contributed by atoms with E-state index < -0.39 is 0 Å². The van der Waals surface area contributed by atoms with Crippen molar-refractivity contribution in [3.05, 3.63) is 48.0 Å². The van der Waals surface area contributed by atoms with E-state index in [0.29, 0.717) is 5.75 Å². The van der Waals surface area contributed by atoms with E-state index in [1.54, 1.807) is 11.8 Å². The van der Waals surface area contributed by atoms with E-state index in [0.717, 1.165) is 16.7 Å². The lowest BCUT2D eigenvalue weighted by molar-refractivity contribution is 0.471. The van der Waals surface area contributed by atoms with Gasteiger partial charge >= 0.3 is 0 Å². The summed E-state index contributed by atoms with van der Waals surface area (Å²) in [7, 11) is 0. The van der Waals surface area contributed by atoms with Gasteiger partial charge in [-0.25, -0.2) is 0 Å². The second kappa shape index (κ2) is 4.62. The van der Waals surface area contributed by atoms with Crippen molar-refractivity contribution in [2.45, 2.75) is 11.8 Å². The SMILES string of the molecule is CSc1ccc(-c2ccc(C)c(O)c2)cc1. The first-order valence-electron chi connectivity index (χ1n) is 5.15. The minimum atomic E-state index is 0.353. The predicted molar refractivity (Wildman–Crippen MR) is 70.1 cm³/mol. The Bertz CT molecular complexity index is 489. The van der Waals surface area contributed by atoms with Gasteiger partial charge in [0.25, 0.3) is 0 Å². The highest BCUT2D eigenvalue weighted by Crippen LogP contribution is 2.27. The monoisotopic (exact) mass is 230 g/mol. The molecule has 2 heteroatoms. The van der Waals surface area contributed by atoms with E-state index >= 15 is 0 Å². The molecule has 0 saturated heterocycles. The van der Waals surface area contributed by atoms with Crippen molar-refractivity contribution in [1.29, 1.82) is 0 Å². The topological polar surface area (TPSA) is 20.2 Å². The van der Waals surface area contributed by atoms with Crippen LogP contribution in [-0.2, 0) is 0 Å². The minimum Gasteiger partial charge on any atom is -0.508 e. The first-order valence-corrected chi connectivity index (χ1v) is 6.37. The normalized spacial score (nSPS) is 10.4. The maximum atomic E-state index is 9.66. The Morgan fingerprint density at radius 1 is 0.938 bits per heavy atom. The molecule has 0 aliphatic heterocycles. The second-order valence-electron chi connectivity index (χ2n) is 3.73. The Morgan fingerprint density at radius 3 is 2.12 bits per heavy atom. The maximum Gasteiger partial charge on any atom is 0.119 e. The highest BCUT2D eigenvalue weighted by Gasteiger charge is 2.01. The number of rotatable bonds is 2. The lowest BCUT2D eigenvalue weighted by Gasteiger charge is -2.05. The standard InChI is InChI=1S/C14H14OS/c1-10-3-4-12(9-14(10)15)11-5-7-13(16-2)8-6-11/h3-9,15H,1-2H3. The summed E-state index contributed by atoms with van der Waals surface area (Å²) in [4.78, 5) is 1.25. The van der Waals surface area contributed by atoms with Crippen molar-refractivity contribution in [1.82, 2.24) is 0 Å². The quantitative estimate of drug-likeness (QED) is 0.784. The molecule has 0 amide bonds. The number of thioether (sulfide) groups is 1. The fourth-order valence-corrected chi connectivity index (χ4v) is 1.98. The number of aryl methyl sites for hydroxylation is 1.